The summed E-state index contributed by atoms with van der Waals surface area (Å²) in [5.74, 6) is 2.69. The number of likely N-dealkylation sites (N-methyl/N-ethyl adjacent to an activating group) is 1. The van der Waals surface area contributed by atoms with Gasteiger partial charge in [-0.3, -0.25) is 14.6 Å². The Morgan fingerprint density at radius 2 is 2.04 bits per heavy atom. The maximum absolute atomic E-state index is 13.5. The van der Waals surface area contributed by atoms with Crippen molar-refractivity contribution < 1.29 is 4.79 Å². The van der Waals surface area contributed by atoms with Crippen LogP contribution in [-0.2, 0) is 17.9 Å². The van der Waals surface area contributed by atoms with Crippen molar-refractivity contribution >= 4 is 11.7 Å². The summed E-state index contributed by atoms with van der Waals surface area (Å²) in [6.45, 7) is 3.17. The summed E-state index contributed by atoms with van der Waals surface area (Å²) in [5.41, 5.74) is 0. The molecule has 1 amide bonds. The molecule has 0 aromatic carbocycles. The fourth-order valence-electron chi connectivity index (χ4n) is 3.99. The molecule has 2 aromatic rings. The molecule has 0 bridgehead atoms. The normalized spacial score (nSPS) is 21.3. The third-order valence-electron chi connectivity index (χ3n) is 5.40. The Bertz CT molecular complexity index is 752. The molecule has 1 aliphatic carbocycles. The minimum Gasteiger partial charge on any atom is -0.312 e. The van der Waals surface area contributed by atoms with Crippen LogP contribution < -0.4 is 4.90 Å². The molecule has 25 heavy (non-hydrogen) atoms. The molecule has 1 saturated carbocycles. The molecule has 0 saturated heterocycles. The van der Waals surface area contributed by atoms with E-state index in [4.69, 9.17) is 0 Å². The summed E-state index contributed by atoms with van der Waals surface area (Å²) in [4.78, 5) is 22.0. The Kier molecular flexibility index (Phi) is 4.25. The van der Waals surface area contributed by atoms with E-state index in [0.29, 0.717) is 13.1 Å². The summed E-state index contributed by atoms with van der Waals surface area (Å²) >= 11 is 0. The fourth-order valence-corrected chi connectivity index (χ4v) is 3.99. The molecule has 7 nitrogen and oxygen atoms in total. The van der Waals surface area contributed by atoms with Gasteiger partial charge < -0.3 is 4.57 Å². The Morgan fingerprint density at radius 3 is 2.76 bits per heavy atom. The van der Waals surface area contributed by atoms with E-state index in [1.165, 1.54) is 12.8 Å². The van der Waals surface area contributed by atoms with Gasteiger partial charge in [-0.05, 0) is 38.9 Å². The van der Waals surface area contributed by atoms with Gasteiger partial charge in [0.15, 0.2) is 0 Å². The molecular weight excluding hydrogens is 316 g/mol. The molecule has 0 N–H and O–H groups in total. The molecule has 0 spiro atoms. The number of carbonyl (C=O) groups is 1. The largest absolute Gasteiger partial charge is 0.312 e. The first-order valence-corrected chi connectivity index (χ1v) is 8.98. The molecule has 2 aromatic heterocycles. The zero-order valence-corrected chi connectivity index (χ0v) is 14.8. The number of carbonyl (C=O) groups excluding carboxylic acids is 1. The van der Waals surface area contributed by atoms with Gasteiger partial charge in [-0.15, -0.1) is 10.2 Å². The topological polar surface area (TPSA) is 67.2 Å². The molecule has 3 heterocycles. The number of amides is 1. The quantitative estimate of drug-likeness (QED) is 0.852. The average Bonchev–Trinajstić information content (AvgIpc) is 3.26. The van der Waals surface area contributed by atoms with Crippen LogP contribution in [0.15, 0.2) is 24.4 Å². The highest BCUT2D eigenvalue weighted by molar-refractivity contribution is 5.97. The number of pyridine rings is 1. The maximum atomic E-state index is 13.5. The predicted octanol–water partition coefficient (Wildman–Crippen LogP) is 1.77. The fraction of sp³-hybridized carbons (Fsp3) is 0.556. The Morgan fingerprint density at radius 1 is 1.24 bits per heavy atom. The lowest BCUT2D eigenvalue weighted by molar-refractivity contribution is -0.125. The highest BCUT2D eigenvalue weighted by Gasteiger charge is 2.38. The number of anilines is 1. The molecule has 4 rings (SSSR count). The summed E-state index contributed by atoms with van der Waals surface area (Å²) < 4.78 is 2.06. The van der Waals surface area contributed by atoms with Crippen LogP contribution >= 0.6 is 0 Å². The minimum atomic E-state index is -0.218. The van der Waals surface area contributed by atoms with Gasteiger partial charge in [-0.1, -0.05) is 18.9 Å². The van der Waals surface area contributed by atoms with Crippen molar-refractivity contribution in [3.63, 3.8) is 0 Å². The Labute approximate surface area is 147 Å². The minimum absolute atomic E-state index is 0.131. The number of rotatable bonds is 3. The van der Waals surface area contributed by atoms with E-state index in [2.05, 4.69) is 24.6 Å². The lowest BCUT2D eigenvalue weighted by atomic mass is 10.1. The first kappa shape index (κ1) is 16.2. The Hall–Kier alpha value is -2.28. The van der Waals surface area contributed by atoms with Crippen LogP contribution in [0.5, 0.6) is 0 Å². The highest BCUT2D eigenvalue weighted by atomic mass is 16.2. The zero-order valence-electron chi connectivity index (χ0n) is 14.8. The molecule has 1 unspecified atom stereocenters. The zero-order chi connectivity index (χ0) is 17.4. The number of aryl methyl sites for hydroxylation is 1. The van der Waals surface area contributed by atoms with Gasteiger partial charge in [-0.2, -0.15) is 0 Å². The molecule has 1 aliphatic heterocycles. The van der Waals surface area contributed by atoms with Crippen LogP contribution in [0.25, 0.3) is 0 Å². The van der Waals surface area contributed by atoms with Crippen LogP contribution in [-0.4, -0.2) is 49.7 Å². The van der Waals surface area contributed by atoms with Crippen LogP contribution in [0, 0.1) is 6.92 Å². The molecule has 132 valence electrons. The van der Waals surface area contributed by atoms with Gasteiger partial charge in [0.05, 0.1) is 13.1 Å². The van der Waals surface area contributed by atoms with Crippen molar-refractivity contribution in [2.75, 3.05) is 11.9 Å². The van der Waals surface area contributed by atoms with Gasteiger partial charge in [0, 0.05) is 12.2 Å². The predicted molar refractivity (Wildman–Crippen MR) is 94.0 cm³/mol. The molecule has 1 fully saturated rings. The van der Waals surface area contributed by atoms with Gasteiger partial charge in [0.1, 0.15) is 23.5 Å². The second kappa shape index (κ2) is 6.55. The van der Waals surface area contributed by atoms with Crippen molar-refractivity contribution in [2.24, 2.45) is 0 Å². The lowest BCUT2D eigenvalue weighted by Gasteiger charge is -2.37. The van der Waals surface area contributed by atoms with Crippen LogP contribution in [0.1, 0.15) is 37.3 Å². The lowest BCUT2D eigenvalue weighted by Crippen LogP contribution is -2.54. The number of fused-ring (bicyclic) bond motifs is 1. The number of hydrogen-bond donors (Lipinski definition) is 0. The molecule has 1 atom stereocenters. The van der Waals surface area contributed by atoms with Crippen molar-refractivity contribution in [2.45, 2.75) is 57.8 Å². The highest BCUT2D eigenvalue weighted by Crippen LogP contribution is 2.29. The molecule has 7 heteroatoms. The van der Waals surface area contributed by atoms with Gasteiger partial charge >= 0.3 is 0 Å². The summed E-state index contributed by atoms with van der Waals surface area (Å²) in [5, 5.41) is 8.37. The monoisotopic (exact) mass is 340 g/mol. The van der Waals surface area contributed by atoms with E-state index in [0.717, 1.165) is 30.3 Å². The van der Waals surface area contributed by atoms with Crippen LogP contribution in [0.2, 0.25) is 0 Å². The first-order chi connectivity index (χ1) is 12.1. The van der Waals surface area contributed by atoms with Gasteiger partial charge in [-0.25, -0.2) is 4.98 Å². The number of aromatic nitrogens is 4. The van der Waals surface area contributed by atoms with E-state index in [9.17, 15) is 4.79 Å². The van der Waals surface area contributed by atoms with E-state index in [-0.39, 0.29) is 18.0 Å². The van der Waals surface area contributed by atoms with Crippen molar-refractivity contribution in [3.05, 3.63) is 36.0 Å². The standard InChI is InChI=1S/C18H24N6O/c1-13-20-21-17-12-22(2)15(11-23(13)17)18(25)24(14-7-3-4-8-14)16-9-5-6-10-19-16/h5-6,9-10,14-15H,3-4,7-8,11-12H2,1-2H3. The molecule has 2 aliphatic rings. The third-order valence-corrected chi connectivity index (χ3v) is 5.40. The molecular formula is C18H24N6O. The number of hydrogen-bond acceptors (Lipinski definition) is 5. The second-order valence-corrected chi connectivity index (χ2v) is 7.04. The SMILES string of the molecule is Cc1nnc2n1CC(C(=O)N(c1ccccn1)C1CCCC1)N(C)C2. The summed E-state index contributed by atoms with van der Waals surface area (Å²) in [6, 6.07) is 5.81. The van der Waals surface area contributed by atoms with E-state index in [1.807, 2.05) is 37.1 Å². The maximum Gasteiger partial charge on any atom is 0.247 e. The van der Waals surface area contributed by atoms with Crippen LogP contribution in [0.4, 0.5) is 5.82 Å². The van der Waals surface area contributed by atoms with Crippen LogP contribution in [0.3, 0.4) is 0 Å². The summed E-state index contributed by atoms with van der Waals surface area (Å²) in [6.07, 6.45) is 6.22. The molecule has 0 radical (unpaired) electrons. The van der Waals surface area contributed by atoms with E-state index >= 15 is 0 Å². The smallest absolute Gasteiger partial charge is 0.247 e. The van der Waals surface area contributed by atoms with Crippen molar-refractivity contribution in [3.8, 4) is 0 Å². The van der Waals surface area contributed by atoms with E-state index < -0.39 is 0 Å². The van der Waals surface area contributed by atoms with E-state index in [1.54, 1.807) is 6.20 Å². The number of nitrogens with zero attached hydrogens (tertiary/aromatic N) is 6. The van der Waals surface area contributed by atoms with Crippen molar-refractivity contribution in [1.29, 1.82) is 0 Å². The van der Waals surface area contributed by atoms with Gasteiger partial charge in [0.2, 0.25) is 5.91 Å². The second-order valence-electron chi connectivity index (χ2n) is 7.04. The Balaban J connectivity index is 1.65. The summed E-state index contributed by atoms with van der Waals surface area (Å²) in [7, 11) is 1.99. The average molecular weight is 340 g/mol. The first-order valence-electron chi connectivity index (χ1n) is 8.98. The van der Waals surface area contributed by atoms with Crippen molar-refractivity contribution in [1.82, 2.24) is 24.6 Å². The third kappa shape index (κ3) is 2.93. The van der Waals surface area contributed by atoms with Gasteiger partial charge in [0.25, 0.3) is 0 Å².